The molecule has 0 saturated carbocycles. The fourth-order valence-electron chi connectivity index (χ4n) is 1.63. The fourth-order valence-corrected chi connectivity index (χ4v) is 1.90. The monoisotopic (exact) mass is 284 g/mol. The normalized spacial score (nSPS) is 11.2. The number of anilines is 1. The van der Waals surface area contributed by atoms with Gasteiger partial charge in [-0.3, -0.25) is 4.79 Å². The highest BCUT2D eigenvalue weighted by molar-refractivity contribution is 6.30. The molecule has 0 atom stereocenters. The molecule has 0 spiro atoms. The molecule has 6 heteroatoms. The van der Waals surface area contributed by atoms with Gasteiger partial charge in [0, 0.05) is 24.1 Å². The number of carbonyl (C=O) groups excluding carboxylic acids is 1. The van der Waals surface area contributed by atoms with Crippen LogP contribution >= 0.6 is 11.6 Å². The molecule has 0 aliphatic rings. The largest absolute Gasteiger partial charge is 0.369 e. The van der Waals surface area contributed by atoms with Crippen LogP contribution < -0.4 is 10.6 Å². The zero-order valence-electron chi connectivity index (χ0n) is 11.9. The number of nitrogens with zero attached hydrogens (tertiary/aromatic N) is 2. The van der Waals surface area contributed by atoms with E-state index in [-0.39, 0.29) is 11.4 Å². The summed E-state index contributed by atoms with van der Waals surface area (Å²) in [6.45, 7) is 8.37. The molecule has 106 valence electrons. The SMILES string of the molecule is CCc1c(Cl)ncnc1NCCC(=O)NC(C)(C)C. The highest BCUT2D eigenvalue weighted by Crippen LogP contribution is 2.19. The third kappa shape index (κ3) is 5.42. The molecule has 0 bridgehead atoms. The second-order valence-corrected chi connectivity index (χ2v) is 5.68. The van der Waals surface area contributed by atoms with Crippen molar-refractivity contribution in [3.63, 3.8) is 0 Å². The van der Waals surface area contributed by atoms with E-state index < -0.39 is 0 Å². The average Bonchev–Trinajstić information content (AvgIpc) is 2.26. The lowest BCUT2D eigenvalue weighted by molar-refractivity contribution is -0.122. The van der Waals surface area contributed by atoms with Crippen LogP contribution in [0.5, 0.6) is 0 Å². The molecule has 0 aliphatic heterocycles. The summed E-state index contributed by atoms with van der Waals surface area (Å²) in [4.78, 5) is 19.7. The first kappa shape index (κ1) is 15.7. The molecule has 0 radical (unpaired) electrons. The van der Waals surface area contributed by atoms with Crippen molar-refractivity contribution in [3.8, 4) is 0 Å². The maximum Gasteiger partial charge on any atom is 0.222 e. The Balaban J connectivity index is 2.50. The van der Waals surface area contributed by atoms with E-state index in [0.29, 0.717) is 23.9 Å². The van der Waals surface area contributed by atoms with Gasteiger partial charge in [0.05, 0.1) is 0 Å². The van der Waals surface area contributed by atoms with Crippen LogP contribution in [0.3, 0.4) is 0 Å². The Morgan fingerprint density at radius 3 is 2.63 bits per heavy atom. The van der Waals surface area contributed by atoms with E-state index in [4.69, 9.17) is 11.6 Å². The molecule has 1 heterocycles. The Bertz CT molecular complexity index is 443. The van der Waals surface area contributed by atoms with E-state index in [2.05, 4.69) is 20.6 Å². The molecule has 0 fully saturated rings. The first-order valence-corrected chi connectivity index (χ1v) is 6.75. The van der Waals surface area contributed by atoms with E-state index in [1.54, 1.807) is 0 Å². The first-order valence-electron chi connectivity index (χ1n) is 6.37. The minimum absolute atomic E-state index is 0.0122. The van der Waals surface area contributed by atoms with E-state index >= 15 is 0 Å². The number of hydrogen-bond donors (Lipinski definition) is 2. The Labute approximate surface area is 119 Å². The van der Waals surface area contributed by atoms with Gasteiger partial charge in [0.25, 0.3) is 0 Å². The van der Waals surface area contributed by atoms with Gasteiger partial charge in [-0.25, -0.2) is 9.97 Å². The van der Waals surface area contributed by atoms with Gasteiger partial charge in [0.1, 0.15) is 17.3 Å². The van der Waals surface area contributed by atoms with E-state index in [1.807, 2.05) is 27.7 Å². The van der Waals surface area contributed by atoms with E-state index in [0.717, 1.165) is 12.0 Å². The predicted molar refractivity (Wildman–Crippen MR) is 77.4 cm³/mol. The maximum absolute atomic E-state index is 11.7. The number of halogens is 1. The summed E-state index contributed by atoms with van der Waals surface area (Å²) >= 11 is 5.99. The van der Waals surface area contributed by atoms with Crippen LogP contribution in [0.4, 0.5) is 5.82 Å². The quantitative estimate of drug-likeness (QED) is 0.815. The smallest absolute Gasteiger partial charge is 0.222 e. The maximum atomic E-state index is 11.7. The molecule has 0 aromatic carbocycles. The molecule has 0 saturated heterocycles. The van der Waals surface area contributed by atoms with Gasteiger partial charge >= 0.3 is 0 Å². The van der Waals surface area contributed by atoms with Crippen LogP contribution in [0.2, 0.25) is 5.15 Å². The molecule has 5 nitrogen and oxygen atoms in total. The van der Waals surface area contributed by atoms with Crippen molar-refractivity contribution in [2.24, 2.45) is 0 Å². The summed E-state index contributed by atoms with van der Waals surface area (Å²) in [5.41, 5.74) is 0.671. The summed E-state index contributed by atoms with van der Waals surface area (Å²) in [5, 5.41) is 6.49. The zero-order valence-corrected chi connectivity index (χ0v) is 12.6. The predicted octanol–water partition coefficient (Wildman–Crippen LogP) is 2.41. The summed E-state index contributed by atoms with van der Waals surface area (Å²) in [6.07, 6.45) is 2.55. The molecule has 0 unspecified atom stereocenters. The minimum atomic E-state index is -0.204. The fraction of sp³-hybridized carbons (Fsp3) is 0.615. The second-order valence-electron chi connectivity index (χ2n) is 5.32. The number of nitrogens with one attached hydrogen (secondary N) is 2. The summed E-state index contributed by atoms with van der Waals surface area (Å²) in [7, 11) is 0. The lowest BCUT2D eigenvalue weighted by Crippen LogP contribution is -2.41. The third-order valence-electron chi connectivity index (χ3n) is 2.41. The lowest BCUT2D eigenvalue weighted by atomic mass is 10.1. The highest BCUT2D eigenvalue weighted by atomic mass is 35.5. The van der Waals surface area contributed by atoms with Crippen LogP contribution in [0.25, 0.3) is 0 Å². The van der Waals surface area contributed by atoms with Crippen LogP contribution in [-0.2, 0) is 11.2 Å². The van der Waals surface area contributed by atoms with Gasteiger partial charge in [0.2, 0.25) is 5.91 Å². The summed E-state index contributed by atoms with van der Waals surface area (Å²) < 4.78 is 0. The Morgan fingerprint density at radius 1 is 1.37 bits per heavy atom. The van der Waals surface area contributed by atoms with Gasteiger partial charge in [-0.15, -0.1) is 0 Å². The van der Waals surface area contributed by atoms with Gasteiger partial charge in [-0.1, -0.05) is 18.5 Å². The van der Waals surface area contributed by atoms with Crippen LogP contribution in [0.1, 0.15) is 39.7 Å². The van der Waals surface area contributed by atoms with Crippen molar-refractivity contribution in [2.75, 3.05) is 11.9 Å². The Hall–Kier alpha value is -1.36. The van der Waals surface area contributed by atoms with Crippen molar-refractivity contribution in [2.45, 2.75) is 46.1 Å². The number of aromatic nitrogens is 2. The number of carbonyl (C=O) groups is 1. The van der Waals surface area contributed by atoms with Crippen LogP contribution in [-0.4, -0.2) is 28.0 Å². The number of hydrogen-bond acceptors (Lipinski definition) is 4. The van der Waals surface area contributed by atoms with Gasteiger partial charge in [0.15, 0.2) is 0 Å². The molecule has 0 aliphatic carbocycles. The van der Waals surface area contributed by atoms with E-state index in [1.165, 1.54) is 6.33 Å². The molecular formula is C13H21ClN4O. The Morgan fingerprint density at radius 2 is 2.05 bits per heavy atom. The third-order valence-corrected chi connectivity index (χ3v) is 2.73. The average molecular weight is 285 g/mol. The molecule has 1 aromatic rings. The van der Waals surface area contributed by atoms with Crippen molar-refractivity contribution in [1.29, 1.82) is 0 Å². The molecule has 1 aromatic heterocycles. The second kappa shape index (κ2) is 6.70. The van der Waals surface area contributed by atoms with Crippen molar-refractivity contribution in [3.05, 3.63) is 17.0 Å². The first-order chi connectivity index (χ1) is 8.83. The topological polar surface area (TPSA) is 66.9 Å². The highest BCUT2D eigenvalue weighted by Gasteiger charge is 2.13. The molecule has 1 amide bonds. The van der Waals surface area contributed by atoms with Crippen molar-refractivity contribution < 1.29 is 4.79 Å². The standard InChI is InChI=1S/C13H21ClN4O/c1-5-9-11(14)16-8-17-12(9)15-7-6-10(19)18-13(2,3)4/h8H,5-7H2,1-4H3,(H,18,19)(H,15,16,17). The summed E-state index contributed by atoms with van der Waals surface area (Å²) in [5.74, 6) is 0.712. The van der Waals surface area contributed by atoms with Crippen LogP contribution in [0, 0.1) is 0 Å². The van der Waals surface area contributed by atoms with Gasteiger partial charge in [-0.2, -0.15) is 0 Å². The van der Waals surface area contributed by atoms with E-state index in [9.17, 15) is 4.79 Å². The molecule has 1 rings (SSSR count). The minimum Gasteiger partial charge on any atom is -0.369 e. The van der Waals surface area contributed by atoms with Gasteiger partial charge in [-0.05, 0) is 27.2 Å². The lowest BCUT2D eigenvalue weighted by Gasteiger charge is -2.20. The zero-order chi connectivity index (χ0) is 14.5. The number of amides is 1. The van der Waals surface area contributed by atoms with Crippen LogP contribution in [0.15, 0.2) is 6.33 Å². The Kier molecular flexibility index (Phi) is 5.54. The number of rotatable bonds is 5. The molecular weight excluding hydrogens is 264 g/mol. The molecule has 2 N–H and O–H groups in total. The summed E-state index contributed by atoms with van der Waals surface area (Å²) in [6, 6.07) is 0. The van der Waals surface area contributed by atoms with Crippen molar-refractivity contribution in [1.82, 2.24) is 15.3 Å². The van der Waals surface area contributed by atoms with Crippen molar-refractivity contribution >= 4 is 23.3 Å². The molecule has 19 heavy (non-hydrogen) atoms. The van der Waals surface area contributed by atoms with Gasteiger partial charge < -0.3 is 10.6 Å².